The monoisotopic (exact) mass is 345 g/mol. The van der Waals surface area contributed by atoms with Crippen LogP contribution in [0, 0.1) is 0 Å². The molecule has 0 atom stereocenters. The zero-order valence-corrected chi connectivity index (χ0v) is 14.4. The minimum atomic E-state index is -0.132. The first kappa shape index (κ1) is 18.2. The van der Waals surface area contributed by atoms with E-state index >= 15 is 0 Å². The Bertz CT molecular complexity index is 629. The number of thiophene rings is 1. The zero-order valence-electron chi connectivity index (χ0n) is 13.6. The maximum atomic E-state index is 12.3. The van der Waals surface area contributed by atoms with Crippen molar-refractivity contribution in [1.82, 2.24) is 10.2 Å². The molecule has 0 saturated heterocycles. The molecule has 6 heteroatoms. The van der Waals surface area contributed by atoms with Crippen LogP contribution in [0.3, 0.4) is 0 Å². The number of nitrogens with one attached hydrogen (secondary N) is 1. The van der Waals surface area contributed by atoms with E-state index in [9.17, 15) is 9.59 Å². The molecule has 0 radical (unpaired) electrons. The van der Waals surface area contributed by atoms with Crippen LogP contribution in [-0.4, -0.2) is 42.9 Å². The third-order valence-electron chi connectivity index (χ3n) is 3.63. The zero-order chi connectivity index (χ0) is 17.2. The molecule has 1 aromatic heterocycles. The summed E-state index contributed by atoms with van der Waals surface area (Å²) in [6, 6.07) is 13.6. The van der Waals surface area contributed by atoms with Gasteiger partial charge in [-0.2, -0.15) is 0 Å². The van der Waals surface area contributed by atoms with Gasteiger partial charge in [-0.15, -0.1) is 11.3 Å². The van der Waals surface area contributed by atoms with Crippen LogP contribution >= 0.6 is 11.3 Å². The van der Waals surface area contributed by atoms with E-state index in [2.05, 4.69) is 5.32 Å². The van der Waals surface area contributed by atoms with Gasteiger partial charge in [0.1, 0.15) is 0 Å². The second-order valence-corrected chi connectivity index (χ2v) is 6.34. The largest absolute Gasteiger partial charge is 0.351 e. The fourth-order valence-electron chi connectivity index (χ4n) is 2.36. The van der Waals surface area contributed by atoms with E-state index in [-0.39, 0.29) is 18.2 Å². The highest BCUT2D eigenvalue weighted by Gasteiger charge is 2.13. The summed E-state index contributed by atoms with van der Waals surface area (Å²) in [5, 5.41) is 4.63. The van der Waals surface area contributed by atoms with Crippen LogP contribution in [0.15, 0.2) is 47.8 Å². The lowest BCUT2D eigenvalue weighted by molar-refractivity contribution is -0.130. The van der Waals surface area contributed by atoms with Crippen molar-refractivity contribution in [1.29, 1.82) is 0 Å². The molecule has 3 N–H and O–H groups in total. The summed E-state index contributed by atoms with van der Waals surface area (Å²) >= 11 is 1.39. The Balaban J connectivity index is 1.77. The average molecular weight is 345 g/mol. The predicted molar refractivity (Wildman–Crippen MR) is 97.0 cm³/mol. The SMILES string of the molecule is NCCN(CCc1ccccc1)C(=O)CCNC(=O)c1cccs1. The maximum absolute atomic E-state index is 12.3. The molecule has 0 saturated carbocycles. The van der Waals surface area contributed by atoms with Crippen LogP contribution in [0.2, 0.25) is 0 Å². The number of hydrogen-bond donors (Lipinski definition) is 2. The number of carbonyl (C=O) groups is 2. The number of amides is 2. The first-order chi connectivity index (χ1) is 11.7. The number of benzene rings is 1. The lowest BCUT2D eigenvalue weighted by atomic mass is 10.1. The molecule has 2 rings (SSSR count). The van der Waals surface area contributed by atoms with Crippen LogP contribution in [-0.2, 0) is 11.2 Å². The molecule has 0 spiro atoms. The second kappa shape index (κ2) is 9.85. The van der Waals surface area contributed by atoms with E-state index in [0.717, 1.165) is 6.42 Å². The lowest BCUT2D eigenvalue weighted by Gasteiger charge is -2.22. The molecule has 1 heterocycles. The summed E-state index contributed by atoms with van der Waals surface area (Å²) in [4.78, 5) is 26.6. The van der Waals surface area contributed by atoms with Gasteiger partial charge in [0.05, 0.1) is 4.88 Å². The average Bonchev–Trinajstić information content (AvgIpc) is 3.14. The topological polar surface area (TPSA) is 75.4 Å². The van der Waals surface area contributed by atoms with Gasteiger partial charge >= 0.3 is 0 Å². The molecule has 2 amide bonds. The number of nitrogens with zero attached hydrogens (tertiary/aromatic N) is 1. The third-order valence-corrected chi connectivity index (χ3v) is 4.50. The summed E-state index contributed by atoms with van der Waals surface area (Å²) in [6.45, 7) is 1.94. The van der Waals surface area contributed by atoms with E-state index in [1.54, 1.807) is 11.0 Å². The fourth-order valence-corrected chi connectivity index (χ4v) is 3.00. The first-order valence-electron chi connectivity index (χ1n) is 8.04. The molecule has 0 aliphatic heterocycles. The van der Waals surface area contributed by atoms with Crippen molar-refractivity contribution in [2.75, 3.05) is 26.2 Å². The predicted octanol–water partition coefficient (Wildman–Crippen LogP) is 1.90. The van der Waals surface area contributed by atoms with Gasteiger partial charge in [0, 0.05) is 32.6 Å². The molecule has 0 fully saturated rings. The standard InChI is InChI=1S/C18H23N3O2S/c19-10-13-21(12-9-15-5-2-1-3-6-15)17(22)8-11-20-18(23)16-7-4-14-24-16/h1-7,14H,8-13,19H2,(H,20,23). The Morgan fingerprint density at radius 1 is 1.08 bits per heavy atom. The van der Waals surface area contributed by atoms with E-state index in [1.807, 2.05) is 41.8 Å². The summed E-state index contributed by atoms with van der Waals surface area (Å²) in [7, 11) is 0. The van der Waals surface area contributed by atoms with Crippen LogP contribution < -0.4 is 11.1 Å². The molecule has 1 aromatic carbocycles. The van der Waals surface area contributed by atoms with Gasteiger partial charge in [0.2, 0.25) is 5.91 Å². The molecule has 24 heavy (non-hydrogen) atoms. The summed E-state index contributed by atoms with van der Waals surface area (Å²) < 4.78 is 0. The minimum absolute atomic E-state index is 0.0165. The molecule has 5 nitrogen and oxygen atoms in total. The molecule has 0 aliphatic rings. The van der Waals surface area contributed by atoms with Gasteiger partial charge in [0.25, 0.3) is 5.91 Å². The van der Waals surface area contributed by atoms with Crippen molar-refractivity contribution < 1.29 is 9.59 Å². The third kappa shape index (κ3) is 5.79. The van der Waals surface area contributed by atoms with Crippen LogP contribution in [0.1, 0.15) is 21.7 Å². The van der Waals surface area contributed by atoms with Crippen molar-refractivity contribution in [2.24, 2.45) is 5.73 Å². The number of carbonyl (C=O) groups excluding carboxylic acids is 2. The highest BCUT2D eigenvalue weighted by Crippen LogP contribution is 2.08. The highest BCUT2D eigenvalue weighted by molar-refractivity contribution is 7.12. The van der Waals surface area contributed by atoms with Gasteiger partial charge in [0.15, 0.2) is 0 Å². The van der Waals surface area contributed by atoms with Crippen molar-refractivity contribution >= 4 is 23.2 Å². The van der Waals surface area contributed by atoms with Crippen molar-refractivity contribution in [2.45, 2.75) is 12.8 Å². The smallest absolute Gasteiger partial charge is 0.261 e. The maximum Gasteiger partial charge on any atom is 0.261 e. The molecule has 0 bridgehead atoms. The van der Waals surface area contributed by atoms with Gasteiger partial charge in [-0.3, -0.25) is 9.59 Å². The number of hydrogen-bond acceptors (Lipinski definition) is 4. The molecule has 0 unspecified atom stereocenters. The normalized spacial score (nSPS) is 10.4. The molecule has 0 aliphatic carbocycles. The minimum Gasteiger partial charge on any atom is -0.351 e. The Hall–Kier alpha value is -2.18. The Morgan fingerprint density at radius 2 is 1.88 bits per heavy atom. The van der Waals surface area contributed by atoms with E-state index < -0.39 is 0 Å². The first-order valence-corrected chi connectivity index (χ1v) is 8.92. The quantitative estimate of drug-likeness (QED) is 0.729. The molecular weight excluding hydrogens is 322 g/mol. The van der Waals surface area contributed by atoms with Crippen LogP contribution in [0.25, 0.3) is 0 Å². The van der Waals surface area contributed by atoms with E-state index in [0.29, 0.717) is 31.1 Å². The Labute approximate surface area is 146 Å². The second-order valence-electron chi connectivity index (χ2n) is 5.39. The molecule has 2 aromatic rings. The van der Waals surface area contributed by atoms with Gasteiger partial charge in [-0.25, -0.2) is 0 Å². The molecule has 128 valence electrons. The van der Waals surface area contributed by atoms with Crippen LogP contribution in [0.5, 0.6) is 0 Å². The van der Waals surface area contributed by atoms with E-state index in [1.165, 1.54) is 16.9 Å². The Morgan fingerprint density at radius 3 is 2.54 bits per heavy atom. The summed E-state index contributed by atoms with van der Waals surface area (Å²) in [6.07, 6.45) is 1.08. The van der Waals surface area contributed by atoms with Crippen molar-refractivity contribution in [3.8, 4) is 0 Å². The van der Waals surface area contributed by atoms with Gasteiger partial charge in [-0.05, 0) is 23.4 Å². The highest BCUT2D eigenvalue weighted by atomic mass is 32.1. The van der Waals surface area contributed by atoms with Gasteiger partial charge < -0.3 is 16.0 Å². The van der Waals surface area contributed by atoms with Crippen molar-refractivity contribution in [3.63, 3.8) is 0 Å². The Kier molecular flexibility index (Phi) is 7.45. The number of rotatable bonds is 9. The van der Waals surface area contributed by atoms with Crippen LogP contribution in [0.4, 0.5) is 0 Å². The fraction of sp³-hybridized carbons (Fsp3) is 0.333. The lowest BCUT2D eigenvalue weighted by Crippen LogP contribution is -2.38. The van der Waals surface area contributed by atoms with E-state index in [4.69, 9.17) is 5.73 Å². The molecular formula is C18H23N3O2S. The number of nitrogens with two attached hydrogens (primary N) is 1. The summed E-state index contributed by atoms with van der Waals surface area (Å²) in [5.41, 5.74) is 6.81. The van der Waals surface area contributed by atoms with Gasteiger partial charge in [-0.1, -0.05) is 36.4 Å². The summed E-state index contributed by atoms with van der Waals surface area (Å²) in [5.74, 6) is -0.115. The van der Waals surface area contributed by atoms with Crippen molar-refractivity contribution in [3.05, 3.63) is 58.3 Å².